The second kappa shape index (κ2) is 24.5. The first-order valence-corrected chi connectivity index (χ1v) is 25.6. The van der Waals surface area contributed by atoms with E-state index in [1.54, 1.807) is 48.5 Å². The van der Waals surface area contributed by atoms with E-state index in [1.807, 2.05) is 24.3 Å². The van der Waals surface area contributed by atoms with Crippen LogP contribution in [0.1, 0.15) is 52.6 Å². The number of hydrogen-bond acceptors (Lipinski definition) is 20. The Balaban J connectivity index is 1.24. The van der Waals surface area contributed by atoms with E-state index in [9.17, 15) is 48.9 Å². The molecule has 2 amide bonds. The lowest BCUT2D eigenvalue weighted by Gasteiger charge is -2.27. The molecule has 1 fully saturated rings. The zero-order valence-electron chi connectivity index (χ0n) is 39.3. The zero-order valence-corrected chi connectivity index (χ0v) is 42.6. The quantitative estimate of drug-likeness (QED) is 0.0151. The average Bonchev–Trinajstić information content (AvgIpc) is 4.16. The molecule has 5 aromatic carbocycles. The largest absolute Gasteiger partial charge is 0.459 e. The van der Waals surface area contributed by atoms with Crippen LogP contribution in [0.3, 0.4) is 0 Å². The number of benzene rings is 5. The smallest absolute Gasteiger partial charge is 0.344 e. The van der Waals surface area contributed by atoms with Crippen LogP contribution in [0.15, 0.2) is 174 Å². The summed E-state index contributed by atoms with van der Waals surface area (Å²) in [5.74, 6) is -7.41. The Morgan fingerprint density at radius 2 is 0.829 bits per heavy atom. The lowest BCUT2D eigenvalue weighted by Crippen LogP contribution is -2.39. The first kappa shape index (κ1) is 53.5. The van der Waals surface area contributed by atoms with E-state index < -0.39 is 47.6 Å². The molecule has 0 aromatic heterocycles. The molecular formula is C54H36N4O14S4. The number of hydrazine groups is 1. The van der Waals surface area contributed by atoms with E-state index in [1.165, 1.54) is 58.5 Å². The maximum Gasteiger partial charge on any atom is 0.344 e. The summed E-state index contributed by atoms with van der Waals surface area (Å²) in [6, 6.07) is 32.8. The van der Waals surface area contributed by atoms with Crippen LogP contribution in [0.5, 0.6) is 11.5 Å². The molecule has 3 heterocycles. The Kier molecular flexibility index (Phi) is 17.2. The van der Waals surface area contributed by atoms with Crippen molar-refractivity contribution < 1.29 is 66.8 Å². The van der Waals surface area contributed by atoms with Crippen molar-refractivity contribution in [2.24, 2.45) is 0 Å². The zero-order chi connectivity index (χ0) is 53.9. The number of esters is 6. The number of amides is 2. The number of ether oxygens (including phenoxy) is 6. The van der Waals surface area contributed by atoms with Crippen LogP contribution < -0.4 is 9.47 Å². The van der Waals surface area contributed by atoms with Gasteiger partial charge in [-0.05, 0) is 35.4 Å². The fraction of sp³-hybridized carbons (Fsp3) is 0.111. The number of rotatable bonds is 18. The van der Waals surface area contributed by atoms with Gasteiger partial charge in [0.05, 0.1) is 63.4 Å². The van der Waals surface area contributed by atoms with Gasteiger partial charge in [0.1, 0.15) is 49.7 Å². The number of carbonyl (C=O) groups excluding carboxylic acids is 8. The minimum atomic E-state index is -1.10. The summed E-state index contributed by atoms with van der Waals surface area (Å²) in [5, 5.41) is 22.7. The monoisotopic (exact) mass is 1090 g/mol. The van der Waals surface area contributed by atoms with Gasteiger partial charge < -0.3 is 28.4 Å². The van der Waals surface area contributed by atoms with Gasteiger partial charge in [-0.25, -0.2) is 38.8 Å². The predicted molar refractivity (Wildman–Crippen MR) is 275 cm³/mol. The Morgan fingerprint density at radius 1 is 0.487 bits per heavy atom. The SMILES string of the molecule is C=CC(=O)OCCOC(=O)c1ccccc1C(=O)Oc1c2c(c(OC(=O)c3ccccc3C(=O)OCCOC(=O)C=C)c3c1SC(=C1C(=O)N(Cc4ccccc4)N(Cc4ccccc4)C1=O)S3)SC(=C(C#N)C#N)S2. The van der Waals surface area contributed by atoms with Crippen molar-refractivity contribution in [2.45, 2.75) is 32.7 Å². The lowest BCUT2D eigenvalue weighted by atomic mass is 10.1. The first-order valence-electron chi connectivity index (χ1n) is 22.4. The van der Waals surface area contributed by atoms with Gasteiger partial charge in [0, 0.05) is 12.2 Å². The first-order chi connectivity index (χ1) is 36.8. The lowest BCUT2D eigenvalue weighted by molar-refractivity contribution is -0.149. The van der Waals surface area contributed by atoms with Gasteiger partial charge in [-0.15, -0.1) is 0 Å². The molecule has 0 unspecified atom stereocenters. The van der Waals surface area contributed by atoms with Gasteiger partial charge in [0.15, 0.2) is 11.5 Å². The molecule has 3 aliphatic rings. The fourth-order valence-electron chi connectivity index (χ4n) is 7.28. The molecule has 1 saturated heterocycles. The third-order valence-electron chi connectivity index (χ3n) is 10.8. The summed E-state index contributed by atoms with van der Waals surface area (Å²) in [7, 11) is 0. The van der Waals surface area contributed by atoms with E-state index in [2.05, 4.69) is 13.2 Å². The summed E-state index contributed by atoms with van der Waals surface area (Å²) in [6.07, 6.45) is 1.87. The van der Waals surface area contributed by atoms with Crippen LogP contribution in [-0.2, 0) is 51.2 Å². The molecule has 0 atom stereocenters. The van der Waals surface area contributed by atoms with Crippen molar-refractivity contribution >= 4 is 94.7 Å². The van der Waals surface area contributed by atoms with Crippen molar-refractivity contribution in [2.75, 3.05) is 26.4 Å². The molecule has 0 radical (unpaired) electrons. The second-order valence-corrected chi connectivity index (χ2v) is 20.1. The van der Waals surface area contributed by atoms with Gasteiger partial charge in [-0.2, -0.15) is 10.5 Å². The molecule has 18 nitrogen and oxygen atoms in total. The third-order valence-corrected chi connectivity index (χ3v) is 16.0. The number of fused-ring (bicyclic) bond motifs is 2. The van der Waals surface area contributed by atoms with Crippen molar-refractivity contribution in [3.63, 3.8) is 0 Å². The summed E-state index contributed by atoms with van der Waals surface area (Å²) >= 11 is 3.37. The van der Waals surface area contributed by atoms with Crippen LogP contribution in [-0.4, -0.2) is 84.1 Å². The highest BCUT2D eigenvalue weighted by Gasteiger charge is 2.47. The summed E-state index contributed by atoms with van der Waals surface area (Å²) in [6.45, 7) is 5.26. The van der Waals surface area contributed by atoms with Crippen LogP contribution in [0, 0.1) is 22.7 Å². The Labute approximate surface area is 449 Å². The Hall–Kier alpha value is -8.80. The summed E-state index contributed by atoms with van der Waals surface area (Å²) in [5.41, 5.74) is -0.198. The van der Waals surface area contributed by atoms with Crippen LogP contribution >= 0.6 is 47.0 Å². The highest BCUT2D eigenvalue weighted by molar-refractivity contribution is 8.26. The molecular weight excluding hydrogens is 1060 g/mol. The van der Waals surface area contributed by atoms with Crippen molar-refractivity contribution in [3.05, 3.63) is 188 Å². The minimum absolute atomic E-state index is 0.00344. The van der Waals surface area contributed by atoms with E-state index in [0.29, 0.717) is 0 Å². The van der Waals surface area contributed by atoms with Crippen molar-refractivity contribution in [3.8, 4) is 23.6 Å². The van der Waals surface area contributed by atoms with E-state index in [-0.39, 0.29) is 112 Å². The van der Waals surface area contributed by atoms with Gasteiger partial charge in [-0.1, -0.05) is 145 Å². The standard InChI is InChI=1S/C54H36N4O14S4/c1-3-38(59)67-23-25-69-49(63)34-19-11-13-21-36(34)51(65)71-41-43-44(74-53(73-43)33(27-55)28-56)42(72-52(66)37-22-14-12-20-35(37)50(64)70-26-24-68-39(60)4-2)46-45(41)75-54(76-46)40-47(61)57(29-31-15-7-5-8-16-31)58(48(40)62)30-32-17-9-6-10-18-32/h3-22H,1-2,23-26,29-30H2. The molecule has 0 saturated carbocycles. The second-order valence-electron chi connectivity index (χ2n) is 15.5. The van der Waals surface area contributed by atoms with E-state index in [4.69, 9.17) is 28.4 Å². The predicted octanol–water partition coefficient (Wildman–Crippen LogP) is 8.75. The van der Waals surface area contributed by atoms with Crippen molar-refractivity contribution in [1.82, 2.24) is 10.0 Å². The summed E-state index contributed by atoms with van der Waals surface area (Å²) in [4.78, 5) is 109. The number of thioether (sulfide) groups is 4. The van der Waals surface area contributed by atoms with Gasteiger partial charge in [0.25, 0.3) is 11.8 Å². The van der Waals surface area contributed by atoms with Crippen LogP contribution in [0.2, 0.25) is 0 Å². The molecule has 76 heavy (non-hydrogen) atoms. The van der Waals surface area contributed by atoms with Crippen LogP contribution in [0.4, 0.5) is 0 Å². The molecule has 3 aliphatic heterocycles. The molecule has 380 valence electrons. The molecule has 0 spiro atoms. The average molecular weight is 1090 g/mol. The third kappa shape index (κ3) is 11.8. The molecule has 0 bridgehead atoms. The molecule has 0 N–H and O–H groups in total. The van der Waals surface area contributed by atoms with E-state index >= 15 is 0 Å². The number of hydrogen-bond donors (Lipinski definition) is 0. The maximum atomic E-state index is 14.8. The Morgan fingerprint density at radius 3 is 1.20 bits per heavy atom. The molecule has 0 aliphatic carbocycles. The van der Waals surface area contributed by atoms with Gasteiger partial charge >= 0.3 is 35.8 Å². The number of carbonyl (C=O) groups is 8. The van der Waals surface area contributed by atoms with E-state index in [0.717, 1.165) is 70.3 Å². The highest BCUT2D eigenvalue weighted by Crippen LogP contribution is 2.69. The number of allylic oxidation sites excluding steroid dienone is 1. The molecule has 22 heteroatoms. The minimum Gasteiger partial charge on any atom is -0.459 e. The van der Waals surface area contributed by atoms with Crippen molar-refractivity contribution in [1.29, 1.82) is 10.5 Å². The van der Waals surface area contributed by atoms with Crippen LogP contribution in [0.25, 0.3) is 0 Å². The molecule has 8 rings (SSSR count). The normalized spacial score (nSPS) is 13.2. The number of nitrogens with zero attached hydrogens (tertiary/aromatic N) is 4. The molecule has 5 aromatic rings. The Bertz CT molecular complexity index is 3200. The van der Waals surface area contributed by atoms with Gasteiger partial charge in [0.2, 0.25) is 0 Å². The van der Waals surface area contributed by atoms with Gasteiger partial charge in [-0.3, -0.25) is 9.59 Å². The number of nitriles is 2. The maximum absolute atomic E-state index is 14.8. The fourth-order valence-corrected chi connectivity index (χ4v) is 12.6. The topological polar surface area (TPSA) is 246 Å². The highest BCUT2D eigenvalue weighted by atomic mass is 32.2. The summed E-state index contributed by atoms with van der Waals surface area (Å²) < 4.78 is 33.0.